The topological polar surface area (TPSA) is 108 Å². The van der Waals surface area contributed by atoms with Crippen molar-refractivity contribution in [1.29, 1.82) is 0 Å². The van der Waals surface area contributed by atoms with E-state index in [2.05, 4.69) is 10.1 Å². The molecule has 0 bridgehead atoms. The van der Waals surface area contributed by atoms with Crippen LogP contribution in [0.3, 0.4) is 0 Å². The molecule has 0 unspecified atom stereocenters. The van der Waals surface area contributed by atoms with E-state index in [-0.39, 0.29) is 35.2 Å². The normalized spacial score (nSPS) is 11.0. The first-order valence-corrected chi connectivity index (χ1v) is 8.61. The van der Waals surface area contributed by atoms with Gasteiger partial charge in [-0.05, 0) is 24.3 Å². The van der Waals surface area contributed by atoms with Crippen molar-refractivity contribution in [2.75, 3.05) is 13.2 Å². The molecule has 2 rings (SSSR count). The summed E-state index contributed by atoms with van der Waals surface area (Å²) >= 11 is 5.83. The summed E-state index contributed by atoms with van der Waals surface area (Å²) in [6.45, 7) is 0.956. The summed E-state index contributed by atoms with van der Waals surface area (Å²) in [5, 5.41) is 13.2. The maximum absolute atomic E-state index is 12.7. The van der Waals surface area contributed by atoms with Gasteiger partial charge in [0.05, 0.1) is 22.1 Å². The van der Waals surface area contributed by atoms with Gasteiger partial charge >= 0.3 is 12.1 Å². The number of nitrogens with one attached hydrogen (secondary N) is 1. The molecule has 0 heterocycles. The fourth-order valence-corrected chi connectivity index (χ4v) is 2.48. The lowest BCUT2D eigenvalue weighted by atomic mass is 10.1. The molecule has 0 aliphatic carbocycles. The first kappa shape index (κ1) is 22.9. The molecule has 0 fully saturated rings. The Labute approximate surface area is 172 Å². The van der Waals surface area contributed by atoms with Gasteiger partial charge in [0.15, 0.2) is 0 Å². The molecule has 0 saturated carbocycles. The average molecular weight is 447 g/mol. The lowest BCUT2D eigenvalue weighted by Gasteiger charge is -2.12. The lowest BCUT2D eigenvalue weighted by molar-refractivity contribution is -0.385. The molecule has 0 aromatic heterocycles. The van der Waals surface area contributed by atoms with E-state index in [4.69, 9.17) is 16.3 Å². The molecular formula is C18H14ClF3N2O6. The SMILES string of the molecule is CC(=O)OCCNC(=O)c1cc(Oc2ccc(C(F)(F)F)cc2Cl)ccc1[N+](=O)[O-]. The van der Waals surface area contributed by atoms with Gasteiger partial charge in [0.25, 0.3) is 11.6 Å². The van der Waals surface area contributed by atoms with Crippen LogP contribution in [0.2, 0.25) is 5.02 Å². The first-order valence-electron chi connectivity index (χ1n) is 8.23. The van der Waals surface area contributed by atoms with E-state index in [9.17, 15) is 32.9 Å². The van der Waals surface area contributed by atoms with Crippen LogP contribution >= 0.6 is 11.6 Å². The van der Waals surface area contributed by atoms with Crippen molar-refractivity contribution in [3.05, 3.63) is 62.7 Å². The number of carbonyl (C=O) groups excluding carboxylic acids is 2. The molecule has 1 N–H and O–H groups in total. The first-order chi connectivity index (χ1) is 14.0. The molecule has 0 aliphatic rings. The third-order valence-corrected chi connectivity index (χ3v) is 3.88. The summed E-state index contributed by atoms with van der Waals surface area (Å²) in [4.78, 5) is 33.4. The van der Waals surface area contributed by atoms with Crippen molar-refractivity contribution in [2.45, 2.75) is 13.1 Å². The number of hydrogen-bond acceptors (Lipinski definition) is 6. The molecule has 160 valence electrons. The number of rotatable bonds is 7. The number of benzene rings is 2. The van der Waals surface area contributed by atoms with E-state index in [1.54, 1.807) is 0 Å². The maximum Gasteiger partial charge on any atom is 0.416 e. The van der Waals surface area contributed by atoms with Gasteiger partial charge in [-0.25, -0.2) is 0 Å². The van der Waals surface area contributed by atoms with Crippen LogP contribution in [0.15, 0.2) is 36.4 Å². The minimum absolute atomic E-state index is 0.0626. The largest absolute Gasteiger partial charge is 0.464 e. The number of nitro benzene ring substituents is 1. The summed E-state index contributed by atoms with van der Waals surface area (Å²) in [6.07, 6.45) is -4.59. The molecule has 2 aromatic carbocycles. The number of carbonyl (C=O) groups is 2. The van der Waals surface area contributed by atoms with Crippen molar-refractivity contribution < 1.29 is 37.2 Å². The molecule has 30 heavy (non-hydrogen) atoms. The molecule has 0 saturated heterocycles. The van der Waals surface area contributed by atoms with Crippen LogP contribution in [0.4, 0.5) is 18.9 Å². The molecule has 1 amide bonds. The van der Waals surface area contributed by atoms with Crippen molar-refractivity contribution >= 4 is 29.2 Å². The Morgan fingerprint density at radius 1 is 1.20 bits per heavy atom. The fraction of sp³-hybridized carbons (Fsp3) is 0.222. The smallest absolute Gasteiger partial charge is 0.416 e. The van der Waals surface area contributed by atoms with Crippen LogP contribution in [-0.4, -0.2) is 30.0 Å². The van der Waals surface area contributed by atoms with Gasteiger partial charge < -0.3 is 14.8 Å². The van der Waals surface area contributed by atoms with Gasteiger partial charge in [0.1, 0.15) is 23.7 Å². The Morgan fingerprint density at radius 2 is 1.90 bits per heavy atom. The second kappa shape index (κ2) is 9.44. The van der Waals surface area contributed by atoms with Crippen molar-refractivity contribution in [2.24, 2.45) is 0 Å². The van der Waals surface area contributed by atoms with Crippen LogP contribution in [0.1, 0.15) is 22.8 Å². The summed E-state index contributed by atoms with van der Waals surface area (Å²) < 4.78 is 48.2. The van der Waals surface area contributed by atoms with Gasteiger partial charge in [-0.2, -0.15) is 13.2 Å². The zero-order valence-corrected chi connectivity index (χ0v) is 16.0. The fourth-order valence-electron chi connectivity index (χ4n) is 2.26. The van der Waals surface area contributed by atoms with Crippen molar-refractivity contribution in [3.8, 4) is 11.5 Å². The molecule has 0 atom stereocenters. The predicted molar refractivity (Wildman–Crippen MR) is 98.6 cm³/mol. The molecule has 8 nitrogen and oxygen atoms in total. The van der Waals surface area contributed by atoms with E-state index >= 15 is 0 Å². The van der Waals surface area contributed by atoms with E-state index in [0.29, 0.717) is 6.07 Å². The van der Waals surface area contributed by atoms with E-state index in [0.717, 1.165) is 24.3 Å². The predicted octanol–water partition coefficient (Wildman–Crippen LogP) is 4.35. The second-order valence-corrected chi connectivity index (χ2v) is 6.18. The highest BCUT2D eigenvalue weighted by Gasteiger charge is 2.31. The molecule has 2 aromatic rings. The van der Waals surface area contributed by atoms with E-state index < -0.39 is 34.2 Å². The average Bonchev–Trinajstić information content (AvgIpc) is 2.65. The summed E-state index contributed by atoms with van der Waals surface area (Å²) in [6, 6.07) is 5.65. The minimum atomic E-state index is -4.59. The summed E-state index contributed by atoms with van der Waals surface area (Å²) in [7, 11) is 0. The second-order valence-electron chi connectivity index (χ2n) is 5.78. The highest BCUT2D eigenvalue weighted by atomic mass is 35.5. The highest BCUT2D eigenvalue weighted by Crippen LogP contribution is 2.37. The number of esters is 1. The van der Waals surface area contributed by atoms with Gasteiger partial charge in [-0.3, -0.25) is 19.7 Å². The number of nitrogens with zero attached hydrogens (tertiary/aromatic N) is 1. The third kappa shape index (κ3) is 6.08. The molecule has 12 heteroatoms. The third-order valence-electron chi connectivity index (χ3n) is 3.59. The zero-order chi connectivity index (χ0) is 22.5. The summed E-state index contributed by atoms with van der Waals surface area (Å²) in [5.41, 5.74) is -1.86. The van der Waals surface area contributed by atoms with Gasteiger partial charge in [-0.15, -0.1) is 0 Å². The Morgan fingerprint density at radius 3 is 2.47 bits per heavy atom. The Hall–Kier alpha value is -3.34. The maximum atomic E-state index is 12.7. The van der Waals surface area contributed by atoms with Gasteiger partial charge in [0.2, 0.25) is 0 Å². The Balaban J connectivity index is 2.24. The number of alkyl halides is 3. The Kier molecular flexibility index (Phi) is 7.22. The standard InChI is InChI=1S/C18H14ClF3N2O6/c1-10(25)29-7-6-23-17(26)13-9-12(3-4-15(13)24(27)28)30-16-5-2-11(8-14(16)19)18(20,21)22/h2-5,8-9H,6-7H2,1H3,(H,23,26). The Bertz CT molecular complexity index is 981. The van der Waals surface area contributed by atoms with E-state index in [1.807, 2.05) is 0 Å². The monoisotopic (exact) mass is 446 g/mol. The number of halogens is 4. The molecular weight excluding hydrogens is 433 g/mol. The molecule has 0 aliphatic heterocycles. The van der Waals surface area contributed by atoms with Crippen molar-refractivity contribution in [3.63, 3.8) is 0 Å². The highest BCUT2D eigenvalue weighted by molar-refractivity contribution is 6.32. The number of hydrogen-bond donors (Lipinski definition) is 1. The van der Waals surface area contributed by atoms with E-state index in [1.165, 1.54) is 13.0 Å². The zero-order valence-electron chi connectivity index (χ0n) is 15.3. The lowest BCUT2D eigenvalue weighted by Crippen LogP contribution is -2.28. The number of ether oxygens (including phenoxy) is 2. The van der Waals surface area contributed by atoms with Gasteiger partial charge in [-0.1, -0.05) is 11.6 Å². The van der Waals surface area contributed by atoms with Crippen LogP contribution in [0.25, 0.3) is 0 Å². The quantitative estimate of drug-likeness (QED) is 0.293. The minimum Gasteiger partial charge on any atom is -0.464 e. The van der Waals surface area contributed by atoms with Crippen molar-refractivity contribution in [1.82, 2.24) is 5.32 Å². The number of amides is 1. The number of nitro groups is 1. The van der Waals surface area contributed by atoms with Crippen LogP contribution in [-0.2, 0) is 15.7 Å². The van der Waals surface area contributed by atoms with Gasteiger partial charge in [0, 0.05) is 19.1 Å². The van der Waals surface area contributed by atoms with Crippen LogP contribution in [0, 0.1) is 10.1 Å². The molecule has 0 radical (unpaired) electrons. The molecule has 0 spiro atoms. The summed E-state index contributed by atoms with van der Waals surface area (Å²) in [5.74, 6) is -1.59. The van der Waals surface area contributed by atoms with Crippen LogP contribution < -0.4 is 10.1 Å². The van der Waals surface area contributed by atoms with Crippen LogP contribution in [0.5, 0.6) is 11.5 Å².